The Bertz CT molecular complexity index is 780. The highest BCUT2D eigenvalue weighted by atomic mass is 32.1. The summed E-state index contributed by atoms with van der Waals surface area (Å²) >= 11 is 1.09. The van der Waals surface area contributed by atoms with Crippen LogP contribution in [0.25, 0.3) is 0 Å². The molecule has 1 fully saturated rings. The average molecular weight is 370 g/mol. The van der Waals surface area contributed by atoms with Crippen LogP contribution < -0.4 is 10.6 Å². The minimum atomic E-state index is -5.24. The lowest BCUT2D eigenvalue weighted by Gasteiger charge is -2.44. The van der Waals surface area contributed by atoms with Gasteiger partial charge in [-0.3, -0.25) is 4.79 Å². The molecule has 3 atom stereocenters. The Morgan fingerprint density at radius 3 is 2.40 bits per heavy atom. The van der Waals surface area contributed by atoms with Crippen LogP contribution in [0.3, 0.4) is 0 Å². The molecule has 1 saturated heterocycles. The lowest BCUT2D eigenvalue weighted by atomic mass is 9.79. The van der Waals surface area contributed by atoms with Gasteiger partial charge in [-0.15, -0.1) is 11.3 Å². The number of halogens is 3. The van der Waals surface area contributed by atoms with Gasteiger partial charge in [0.2, 0.25) is 5.72 Å². The highest BCUT2D eigenvalue weighted by Gasteiger charge is 2.66. The number of carbonyl (C=O) groups is 2. The number of hydrogen-bond donors (Lipinski definition) is 3. The van der Waals surface area contributed by atoms with Gasteiger partial charge in [-0.1, -0.05) is 36.4 Å². The van der Waals surface area contributed by atoms with Gasteiger partial charge in [0.05, 0.1) is 6.04 Å². The summed E-state index contributed by atoms with van der Waals surface area (Å²) < 4.78 is 40.8. The van der Waals surface area contributed by atoms with Gasteiger partial charge >= 0.3 is 12.2 Å². The Balaban J connectivity index is 2.14. The van der Waals surface area contributed by atoms with Gasteiger partial charge in [0.15, 0.2) is 5.78 Å². The van der Waals surface area contributed by atoms with Crippen molar-refractivity contribution in [3.05, 3.63) is 58.3 Å². The number of carbonyl (C=O) groups excluding carboxylic acids is 2. The molecule has 0 saturated carbocycles. The molecule has 2 aromatic rings. The van der Waals surface area contributed by atoms with Crippen molar-refractivity contribution in [2.24, 2.45) is 5.92 Å². The van der Waals surface area contributed by atoms with Crippen LogP contribution in [0.15, 0.2) is 47.8 Å². The Kier molecular flexibility index (Phi) is 4.29. The van der Waals surface area contributed by atoms with Gasteiger partial charge in [0.25, 0.3) is 0 Å². The van der Waals surface area contributed by atoms with Gasteiger partial charge in [0.1, 0.15) is 5.92 Å². The first kappa shape index (κ1) is 17.4. The molecular weight excluding hydrogens is 357 g/mol. The zero-order valence-electron chi connectivity index (χ0n) is 12.6. The number of rotatable bonds is 3. The number of amides is 2. The van der Waals surface area contributed by atoms with Crippen molar-refractivity contribution in [2.75, 3.05) is 0 Å². The van der Waals surface area contributed by atoms with Crippen molar-refractivity contribution in [3.8, 4) is 0 Å². The van der Waals surface area contributed by atoms with E-state index in [0.717, 1.165) is 11.3 Å². The van der Waals surface area contributed by atoms with E-state index in [0.29, 0.717) is 4.88 Å². The molecule has 1 aliphatic rings. The maximum absolute atomic E-state index is 13.6. The van der Waals surface area contributed by atoms with Gasteiger partial charge in [-0.2, -0.15) is 13.2 Å². The van der Waals surface area contributed by atoms with Crippen molar-refractivity contribution in [3.63, 3.8) is 0 Å². The zero-order valence-corrected chi connectivity index (χ0v) is 13.4. The number of urea groups is 1. The Morgan fingerprint density at radius 2 is 1.84 bits per heavy atom. The van der Waals surface area contributed by atoms with E-state index in [2.05, 4.69) is 5.32 Å². The molecule has 0 spiro atoms. The molecule has 5 nitrogen and oxygen atoms in total. The second-order valence-electron chi connectivity index (χ2n) is 5.56. The number of hydrogen-bond acceptors (Lipinski definition) is 4. The van der Waals surface area contributed by atoms with Crippen LogP contribution in [-0.2, 0) is 0 Å². The molecule has 25 heavy (non-hydrogen) atoms. The first-order chi connectivity index (χ1) is 11.7. The van der Waals surface area contributed by atoms with E-state index >= 15 is 0 Å². The molecule has 1 aliphatic heterocycles. The van der Waals surface area contributed by atoms with Crippen LogP contribution in [0.2, 0.25) is 0 Å². The van der Waals surface area contributed by atoms with Gasteiger partial charge in [0, 0.05) is 10.4 Å². The van der Waals surface area contributed by atoms with E-state index in [1.165, 1.54) is 35.6 Å². The lowest BCUT2D eigenvalue weighted by molar-refractivity contribution is -0.287. The lowest BCUT2D eigenvalue weighted by Crippen LogP contribution is -2.72. The van der Waals surface area contributed by atoms with Gasteiger partial charge in [-0.05, 0) is 11.4 Å². The molecule has 1 aromatic heterocycles. The number of Topliss-reactive ketones (excluding diaryl/α,β-unsaturated/α-hetero) is 1. The summed E-state index contributed by atoms with van der Waals surface area (Å²) in [5, 5.41) is 15.8. The number of ketones is 1. The van der Waals surface area contributed by atoms with Crippen LogP contribution in [0.1, 0.15) is 21.3 Å². The fourth-order valence-corrected chi connectivity index (χ4v) is 3.64. The first-order valence-electron chi connectivity index (χ1n) is 7.24. The van der Waals surface area contributed by atoms with E-state index in [9.17, 15) is 27.9 Å². The van der Waals surface area contributed by atoms with E-state index in [4.69, 9.17) is 0 Å². The summed E-state index contributed by atoms with van der Waals surface area (Å²) in [4.78, 5) is 24.9. The van der Waals surface area contributed by atoms with Crippen molar-refractivity contribution in [1.82, 2.24) is 10.6 Å². The Labute approximate surface area is 144 Å². The third kappa shape index (κ3) is 3.00. The molecule has 9 heteroatoms. The van der Waals surface area contributed by atoms with Crippen molar-refractivity contribution >= 4 is 23.2 Å². The largest absolute Gasteiger partial charge is 0.437 e. The average Bonchev–Trinajstić information content (AvgIpc) is 3.08. The normalized spacial score (nSPS) is 26.6. The monoisotopic (exact) mass is 370 g/mol. The molecule has 1 aromatic carbocycles. The maximum atomic E-state index is 13.6. The standard InChI is InChI=1S/C16H13F3N2O3S/c17-16(18,19)15(24)11(13(22)9-5-2-1-3-6-9)12(20-14(23)21-15)10-7-4-8-25-10/h1-8,11-12,24H,(H2,20,21,23)/t11-,12-,15-/m1/s1. The van der Waals surface area contributed by atoms with E-state index in [1.54, 1.807) is 17.5 Å². The Hall–Kier alpha value is -2.39. The second kappa shape index (κ2) is 6.16. The SMILES string of the molecule is O=C1N[C@H](c2cccs2)[C@H](C(=O)c2ccccc2)[C@@](O)(C(F)(F)F)N1. The number of aliphatic hydroxyl groups is 1. The van der Waals surface area contributed by atoms with Gasteiger partial charge in [-0.25, -0.2) is 4.79 Å². The van der Waals surface area contributed by atoms with Crippen LogP contribution in [-0.4, -0.2) is 28.8 Å². The molecule has 2 amide bonds. The van der Waals surface area contributed by atoms with E-state index < -0.39 is 35.7 Å². The fourth-order valence-electron chi connectivity index (χ4n) is 2.83. The zero-order chi connectivity index (χ0) is 18.2. The number of thiophene rings is 1. The Morgan fingerprint density at radius 1 is 1.16 bits per heavy atom. The van der Waals surface area contributed by atoms with E-state index in [-0.39, 0.29) is 5.56 Å². The van der Waals surface area contributed by atoms with Crippen molar-refractivity contribution < 1.29 is 27.9 Å². The second-order valence-corrected chi connectivity index (χ2v) is 6.54. The highest BCUT2D eigenvalue weighted by Crippen LogP contribution is 2.44. The molecule has 0 aliphatic carbocycles. The van der Waals surface area contributed by atoms with E-state index in [1.807, 2.05) is 0 Å². The van der Waals surface area contributed by atoms with Crippen molar-refractivity contribution in [1.29, 1.82) is 0 Å². The van der Waals surface area contributed by atoms with Crippen LogP contribution in [0.4, 0.5) is 18.0 Å². The molecule has 0 unspecified atom stereocenters. The van der Waals surface area contributed by atoms with Gasteiger partial charge < -0.3 is 15.7 Å². The van der Waals surface area contributed by atoms with Crippen LogP contribution in [0.5, 0.6) is 0 Å². The number of alkyl halides is 3. The third-order valence-corrected chi connectivity index (χ3v) is 4.95. The first-order valence-corrected chi connectivity index (χ1v) is 8.12. The minimum absolute atomic E-state index is 0.00896. The smallest absolute Gasteiger partial charge is 0.363 e. The van der Waals surface area contributed by atoms with Crippen LogP contribution >= 0.6 is 11.3 Å². The molecule has 0 radical (unpaired) electrons. The topological polar surface area (TPSA) is 78.4 Å². The predicted molar refractivity (Wildman–Crippen MR) is 84.0 cm³/mol. The molecular formula is C16H13F3N2O3S. The number of nitrogens with one attached hydrogen (secondary N) is 2. The quantitative estimate of drug-likeness (QED) is 0.727. The summed E-state index contributed by atoms with van der Waals surface area (Å²) in [6, 6.07) is 7.94. The molecule has 0 bridgehead atoms. The van der Waals surface area contributed by atoms with Crippen LogP contribution in [0, 0.1) is 5.92 Å². The highest BCUT2D eigenvalue weighted by molar-refractivity contribution is 7.10. The number of benzene rings is 1. The maximum Gasteiger partial charge on any atom is 0.437 e. The molecule has 3 N–H and O–H groups in total. The summed E-state index contributed by atoms with van der Waals surface area (Å²) in [7, 11) is 0. The summed E-state index contributed by atoms with van der Waals surface area (Å²) in [5.41, 5.74) is -3.67. The molecule has 3 rings (SSSR count). The fraction of sp³-hybridized carbons (Fsp3) is 0.250. The third-order valence-electron chi connectivity index (χ3n) is 4.00. The minimum Gasteiger partial charge on any atom is -0.363 e. The molecule has 132 valence electrons. The summed E-state index contributed by atoms with van der Waals surface area (Å²) in [5.74, 6) is -2.91. The van der Waals surface area contributed by atoms with Crippen molar-refractivity contribution in [2.45, 2.75) is 17.9 Å². The molecule has 2 heterocycles. The summed E-state index contributed by atoms with van der Waals surface area (Å²) in [6.07, 6.45) is -5.24. The summed E-state index contributed by atoms with van der Waals surface area (Å²) in [6.45, 7) is 0. The predicted octanol–water partition coefficient (Wildman–Crippen LogP) is 2.85.